The van der Waals surface area contributed by atoms with E-state index in [4.69, 9.17) is 9.47 Å². The zero-order valence-electron chi connectivity index (χ0n) is 14.6. The fraction of sp³-hybridized carbons (Fsp3) is 0.526. The van der Waals surface area contributed by atoms with E-state index in [2.05, 4.69) is 13.5 Å². The third-order valence-corrected chi connectivity index (χ3v) is 4.61. The molecule has 0 fully saturated rings. The van der Waals surface area contributed by atoms with Crippen LogP contribution in [0.5, 0.6) is 0 Å². The van der Waals surface area contributed by atoms with Crippen LogP contribution in [0.2, 0.25) is 0 Å². The lowest BCUT2D eigenvalue weighted by Gasteiger charge is -2.43. The zero-order chi connectivity index (χ0) is 17.5. The van der Waals surface area contributed by atoms with Crippen molar-refractivity contribution in [1.29, 1.82) is 0 Å². The maximum atomic E-state index is 11.6. The number of hydrogen-bond donors (Lipinski definition) is 1. The van der Waals surface area contributed by atoms with Gasteiger partial charge in [0.05, 0.1) is 24.9 Å². The SMILES string of the molecule is C=C[C@](CCCC)(COC)[C@](C)(O)c1ccc(C(=O)OC)cc1. The largest absolute Gasteiger partial charge is 0.465 e. The predicted octanol–water partition coefficient (Wildman–Crippen LogP) is 3.69. The summed E-state index contributed by atoms with van der Waals surface area (Å²) in [4.78, 5) is 11.6. The van der Waals surface area contributed by atoms with Crippen molar-refractivity contribution in [2.75, 3.05) is 20.8 Å². The van der Waals surface area contributed by atoms with Gasteiger partial charge in [0.1, 0.15) is 0 Å². The summed E-state index contributed by atoms with van der Waals surface area (Å²) >= 11 is 0. The second kappa shape index (κ2) is 8.27. The van der Waals surface area contributed by atoms with Gasteiger partial charge >= 0.3 is 5.97 Å². The summed E-state index contributed by atoms with van der Waals surface area (Å²) in [5.74, 6) is -0.394. The zero-order valence-corrected chi connectivity index (χ0v) is 14.6. The van der Waals surface area contributed by atoms with Crippen molar-refractivity contribution >= 4 is 5.97 Å². The van der Waals surface area contributed by atoms with Gasteiger partial charge in [-0.05, 0) is 31.0 Å². The van der Waals surface area contributed by atoms with Crippen LogP contribution in [0.15, 0.2) is 36.9 Å². The van der Waals surface area contributed by atoms with Gasteiger partial charge in [-0.15, -0.1) is 6.58 Å². The number of carbonyl (C=O) groups is 1. The number of unbranched alkanes of at least 4 members (excludes halogenated alkanes) is 1. The van der Waals surface area contributed by atoms with Crippen molar-refractivity contribution in [3.63, 3.8) is 0 Å². The summed E-state index contributed by atoms with van der Waals surface area (Å²) in [5.41, 5.74) is -0.575. The Morgan fingerprint density at radius 1 is 1.30 bits per heavy atom. The average molecular weight is 320 g/mol. The summed E-state index contributed by atoms with van der Waals surface area (Å²) in [6, 6.07) is 6.84. The summed E-state index contributed by atoms with van der Waals surface area (Å²) in [6.45, 7) is 8.20. The van der Waals surface area contributed by atoms with Gasteiger partial charge < -0.3 is 14.6 Å². The van der Waals surface area contributed by atoms with Gasteiger partial charge in [-0.25, -0.2) is 4.79 Å². The number of methoxy groups -OCH3 is 2. The van der Waals surface area contributed by atoms with Crippen LogP contribution in [0.25, 0.3) is 0 Å². The van der Waals surface area contributed by atoms with Crippen molar-refractivity contribution in [3.05, 3.63) is 48.0 Å². The standard InChI is InChI=1S/C19H28O4/c1-6-8-13-19(7-2,14-22-4)18(3,21)16-11-9-15(10-12-16)17(20)23-5/h7,9-12,21H,2,6,8,13-14H2,1,3-5H3/t18-,19+/m1/s1. The Bertz CT molecular complexity index is 519. The monoisotopic (exact) mass is 320 g/mol. The summed E-state index contributed by atoms with van der Waals surface area (Å²) < 4.78 is 10.1. The Hall–Kier alpha value is -1.65. The van der Waals surface area contributed by atoms with Crippen LogP contribution < -0.4 is 0 Å². The lowest BCUT2D eigenvalue weighted by Crippen LogP contribution is -2.45. The molecule has 2 atom stereocenters. The number of benzene rings is 1. The molecule has 0 heterocycles. The molecule has 0 saturated carbocycles. The molecule has 0 amide bonds. The molecule has 23 heavy (non-hydrogen) atoms. The van der Waals surface area contributed by atoms with Crippen LogP contribution in [0.3, 0.4) is 0 Å². The van der Waals surface area contributed by atoms with Gasteiger partial charge in [-0.1, -0.05) is 38.0 Å². The topological polar surface area (TPSA) is 55.8 Å². The quantitative estimate of drug-likeness (QED) is 0.557. The summed E-state index contributed by atoms with van der Waals surface area (Å²) in [7, 11) is 2.97. The highest BCUT2D eigenvalue weighted by atomic mass is 16.5. The normalized spacial score (nSPS) is 16.2. The summed E-state index contributed by atoms with van der Waals surface area (Å²) in [5, 5.41) is 11.3. The summed E-state index contributed by atoms with van der Waals surface area (Å²) in [6.07, 6.45) is 4.55. The molecule has 4 heteroatoms. The molecule has 1 aromatic carbocycles. The molecule has 0 aliphatic carbocycles. The van der Waals surface area contributed by atoms with E-state index in [9.17, 15) is 9.90 Å². The lowest BCUT2D eigenvalue weighted by molar-refractivity contribution is -0.0882. The molecule has 1 N–H and O–H groups in total. The van der Waals surface area contributed by atoms with E-state index in [0.717, 1.165) is 24.8 Å². The third-order valence-electron chi connectivity index (χ3n) is 4.61. The average Bonchev–Trinajstić information content (AvgIpc) is 2.57. The smallest absolute Gasteiger partial charge is 0.337 e. The van der Waals surface area contributed by atoms with Crippen LogP contribution in [-0.2, 0) is 15.1 Å². The van der Waals surface area contributed by atoms with Crippen LogP contribution in [0.4, 0.5) is 0 Å². The number of esters is 1. The second-order valence-corrected chi connectivity index (χ2v) is 6.04. The highest BCUT2D eigenvalue weighted by molar-refractivity contribution is 5.89. The van der Waals surface area contributed by atoms with Gasteiger partial charge in [0, 0.05) is 12.5 Å². The first-order chi connectivity index (χ1) is 10.9. The Morgan fingerprint density at radius 2 is 1.91 bits per heavy atom. The van der Waals surface area contributed by atoms with E-state index in [1.165, 1.54) is 7.11 Å². The molecule has 1 aromatic rings. The number of hydrogen-bond acceptors (Lipinski definition) is 4. The van der Waals surface area contributed by atoms with Gasteiger partial charge in [-0.3, -0.25) is 0 Å². The second-order valence-electron chi connectivity index (χ2n) is 6.04. The Morgan fingerprint density at radius 3 is 2.35 bits per heavy atom. The first-order valence-corrected chi connectivity index (χ1v) is 7.92. The molecule has 0 aliphatic rings. The number of aliphatic hydroxyl groups is 1. The Labute approximate surface area is 139 Å². The van der Waals surface area contributed by atoms with Crippen molar-refractivity contribution in [2.45, 2.75) is 38.7 Å². The van der Waals surface area contributed by atoms with Crippen LogP contribution >= 0.6 is 0 Å². The number of carbonyl (C=O) groups excluding carboxylic acids is 1. The van der Waals surface area contributed by atoms with Crippen molar-refractivity contribution in [3.8, 4) is 0 Å². The molecule has 0 spiro atoms. The molecule has 0 aliphatic heterocycles. The van der Waals surface area contributed by atoms with Gasteiger partial charge in [0.25, 0.3) is 0 Å². The number of rotatable bonds is 9. The van der Waals surface area contributed by atoms with E-state index >= 15 is 0 Å². The van der Waals surface area contributed by atoms with Crippen LogP contribution in [0.1, 0.15) is 49.0 Å². The number of ether oxygens (including phenoxy) is 2. The molecule has 0 bridgehead atoms. The fourth-order valence-corrected chi connectivity index (χ4v) is 2.90. The minimum Gasteiger partial charge on any atom is -0.465 e. The minimum absolute atomic E-state index is 0.377. The van der Waals surface area contributed by atoms with E-state index in [0.29, 0.717) is 12.2 Å². The molecule has 0 radical (unpaired) electrons. The van der Waals surface area contributed by atoms with Gasteiger partial charge in [0.2, 0.25) is 0 Å². The van der Waals surface area contributed by atoms with Crippen LogP contribution in [0, 0.1) is 5.41 Å². The van der Waals surface area contributed by atoms with Crippen molar-refractivity contribution < 1.29 is 19.4 Å². The molecule has 4 nitrogen and oxygen atoms in total. The van der Waals surface area contributed by atoms with E-state index in [1.807, 2.05) is 0 Å². The van der Waals surface area contributed by atoms with Crippen molar-refractivity contribution in [2.24, 2.45) is 5.41 Å². The fourth-order valence-electron chi connectivity index (χ4n) is 2.90. The van der Waals surface area contributed by atoms with E-state index in [-0.39, 0.29) is 0 Å². The Kier molecular flexibility index (Phi) is 6.98. The predicted molar refractivity (Wildman–Crippen MR) is 91.4 cm³/mol. The Balaban J connectivity index is 3.22. The van der Waals surface area contributed by atoms with Crippen molar-refractivity contribution in [1.82, 2.24) is 0 Å². The lowest BCUT2D eigenvalue weighted by atomic mass is 9.67. The van der Waals surface area contributed by atoms with Crippen LogP contribution in [-0.4, -0.2) is 31.9 Å². The molecule has 0 unspecified atom stereocenters. The first kappa shape index (κ1) is 19.4. The van der Waals surface area contributed by atoms with Gasteiger partial charge in [-0.2, -0.15) is 0 Å². The highest BCUT2D eigenvalue weighted by Crippen LogP contribution is 2.45. The maximum absolute atomic E-state index is 11.6. The molecular weight excluding hydrogens is 292 g/mol. The molecule has 0 saturated heterocycles. The van der Waals surface area contributed by atoms with E-state index < -0.39 is 17.0 Å². The minimum atomic E-state index is -1.16. The first-order valence-electron chi connectivity index (χ1n) is 7.92. The van der Waals surface area contributed by atoms with E-state index in [1.54, 1.807) is 44.4 Å². The third kappa shape index (κ3) is 4.01. The molecule has 128 valence electrons. The highest BCUT2D eigenvalue weighted by Gasteiger charge is 2.45. The molecule has 0 aromatic heterocycles. The van der Waals surface area contributed by atoms with Gasteiger partial charge in [0.15, 0.2) is 0 Å². The molecule has 1 rings (SSSR count). The molecular formula is C19H28O4. The maximum Gasteiger partial charge on any atom is 0.337 e.